The summed E-state index contributed by atoms with van der Waals surface area (Å²) in [6, 6.07) is 17.0. The van der Waals surface area contributed by atoms with E-state index >= 15 is 0 Å². The average Bonchev–Trinajstić information content (AvgIpc) is 2.53. The van der Waals surface area contributed by atoms with Gasteiger partial charge in [-0.3, -0.25) is 4.98 Å². The molecule has 0 fully saturated rings. The lowest BCUT2D eigenvalue weighted by atomic mass is 10.1. The summed E-state index contributed by atoms with van der Waals surface area (Å²) in [5.41, 5.74) is 6.27. The number of rotatable bonds is 4. The molecule has 0 spiro atoms. The first-order valence-corrected chi connectivity index (χ1v) is 7.44. The van der Waals surface area contributed by atoms with E-state index in [4.69, 9.17) is 0 Å². The number of fused-ring (bicyclic) bond motifs is 1. The molecule has 1 heterocycles. The minimum Gasteiger partial charge on any atom is -0.381 e. The molecule has 0 saturated heterocycles. The first kappa shape index (κ1) is 13.6. The molecule has 0 aliphatic heterocycles. The lowest BCUT2D eigenvalue weighted by Crippen LogP contribution is -2.04. The maximum Gasteiger partial charge on any atom is 0.0702 e. The van der Waals surface area contributed by atoms with Gasteiger partial charge >= 0.3 is 0 Å². The number of pyridine rings is 1. The van der Waals surface area contributed by atoms with Crippen LogP contribution in [0.25, 0.3) is 10.9 Å². The van der Waals surface area contributed by atoms with E-state index in [9.17, 15) is 0 Å². The number of hydrogen-bond acceptors (Lipinski definition) is 2. The third-order valence-corrected chi connectivity index (χ3v) is 3.88. The minimum atomic E-state index is 0.836. The molecule has 0 amide bonds. The number of aromatic nitrogens is 1. The second-order valence-electron chi connectivity index (χ2n) is 5.35. The Labute approximate surface area is 125 Å². The lowest BCUT2D eigenvalue weighted by molar-refractivity contribution is 1.08. The van der Waals surface area contributed by atoms with E-state index in [1.165, 1.54) is 27.8 Å². The fraction of sp³-hybridized carbons (Fsp3) is 0.211. The van der Waals surface area contributed by atoms with Gasteiger partial charge in [0.15, 0.2) is 0 Å². The topological polar surface area (TPSA) is 24.9 Å². The van der Waals surface area contributed by atoms with E-state index in [1.807, 2.05) is 12.3 Å². The van der Waals surface area contributed by atoms with Crippen LogP contribution in [0, 0.1) is 6.92 Å². The summed E-state index contributed by atoms with van der Waals surface area (Å²) in [6.45, 7) is 5.19. The molecule has 21 heavy (non-hydrogen) atoms. The summed E-state index contributed by atoms with van der Waals surface area (Å²) < 4.78 is 0. The van der Waals surface area contributed by atoms with Crippen LogP contribution >= 0.6 is 0 Å². The zero-order valence-corrected chi connectivity index (χ0v) is 12.6. The summed E-state index contributed by atoms with van der Waals surface area (Å²) in [7, 11) is 0. The lowest BCUT2D eigenvalue weighted by Gasteiger charge is -2.14. The molecule has 0 unspecified atom stereocenters. The van der Waals surface area contributed by atoms with Crippen molar-refractivity contribution in [2.75, 3.05) is 5.32 Å². The first-order valence-electron chi connectivity index (χ1n) is 7.44. The summed E-state index contributed by atoms with van der Waals surface area (Å²) in [5.74, 6) is 0. The summed E-state index contributed by atoms with van der Waals surface area (Å²) in [4.78, 5) is 4.36. The minimum absolute atomic E-state index is 0.836. The third kappa shape index (κ3) is 2.89. The Hall–Kier alpha value is -2.35. The third-order valence-electron chi connectivity index (χ3n) is 3.88. The second-order valence-corrected chi connectivity index (χ2v) is 5.35. The molecule has 1 N–H and O–H groups in total. The fourth-order valence-corrected chi connectivity index (χ4v) is 2.70. The Bertz CT molecular complexity index is 762. The van der Waals surface area contributed by atoms with Crippen LogP contribution in [-0.4, -0.2) is 4.98 Å². The van der Waals surface area contributed by atoms with Crippen LogP contribution in [0.2, 0.25) is 0 Å². The second kappa shape index (κ2) is 5.96. The average molecular weight is 276 g/mol. The Kier molecular flexibility index (Phi) is 3.87. The molecular weight excluding hydrogens is 256 g/mol. The van der Waals surface area contributed by atoms with Gasteiger partial charge in [-0.05, 0) is 48.2 Å². The maximum absolute atomic E-state index is 4.36. The molecule has 2 heteroatoms. The number of nitrogens with one attached hydrogen (secondary N) is 1. The number of nitrogens with zero attached hydrogens (tertiary/aromatic N) is 1. The van der Waals surface area contributed by atoms with Crippen molar-refractivity contribution in [2.24, 2.45) is 0 Å². The van der Waals surface area contributed by atoms with E-state index in [2.05, 4.69) is 66.6 Å². The van der Waals surface area contributed by atoms with Crippen LogP contribution < -0.4 is 5.32 Å². The maximum atomic E-state index is 4.36. The van der Waals surface area contributed by atoms with Gasteiger partial charge in [-0.25, -0.2) is 0 Å². The van der Waals surface area contributed by atoms with Crippen molar-refractivity contribution in [1.82, 2.24) is 4.98 Å². The van der Waals surface area contributed by atoms with Crippen LogP contribution in [0.4, 0.5) is 5.69 Å². The molecule has 0 radical (unpaired) electrons. The van der Waals surface area contributed by atoms with E-state index < -0.39 is 0 Å². The molecule has 2 aromatic carbocycles. The normalized spacial score (nSPS) is 10.8. The number of anilines is 1. The summed E-state index contributed by atoms with van der Waals surface area (Å²) >= 11 is 0. The monoisotopic (exact) mass is 276 g/mol. The van der Waals surface area contributed by atoms with Gasteiger partial charge in [0.25, 0.3) is 0 Å². The number of aryl methyl sites for hydroxylation is 2. The quantitative estimate of drug-likeness (QED) is 0.746. The number of hydrogen-bond donors (Lipinski definition) is 1. The summed E-state index contributed by atoms with van der Waals surface area (Å²) in [6.07, 6.45) is 2.88. The van der Waals surface area contributed by atoms with Gasteiger partial charge < -0.3 is 5.32 Å². The van der Waals surface area contributed by atoms with Gasteiger partial charge in [0, 0.05) is 23.8 Å². The van der Waals surface area contributed by atoms with Gasteiger partial charge in [-0.15, -0.1) is 0 Å². The molecule has 0 bridgehead atoms. The molecule has 3 rings (SSSR count). The van der Waals surface area contributed by atoms with E-state index in [-0.39, 0.29) is 0 Å². The van der Waals surface area contributed by atoms with E-state index in [1.54, 1.807) is 0 Å². The smallest absolute Gasteiger partial charge is 0.0702 e. The first-order chi connectivity index (χ1) is 10.3. The fourth-order valence-electron chi connectivity index (χ4n) is 2.70. The highest BCUT2D eigenvalue weighted by Gasteiger charge is 2.04. The zero-order valence-electron chi connectivity index (χ0n) is 12.6. The SMILES string of the molecule is CCc1cccc(C)c1NCc1ccc2ncccc2c1. The standard InChI is InChI=1S/C19H20N2/c1-3-16-7-4-6-14(2)19(16)21-13-15-9-10-18-17(12-15)8-5-11-20-18/h4-12,21H,3,13H2,1-2H3. The molecule has 0 aliphatic rings. The van der Waals surface area contributed by atoms with Crippen molar-refractivity contribution >= 4 is 16.6 Å². The van der Waals surface area contributed by atoms with Crippen LogP contribution in [0.3, 0.4) is 0 Å². The Morgan fingerprint density at radius 2 is 1.95 bits per heavy atom. The van der Waals surface area contributed by atoms with Crippen LogP contribution in [0.15, 0.2) is 54.7 Å². The largest absolute Gasteiger partial charge is 0.381 e. The van der Waals surface area contributed by atoms with Crippen molar-refractivity contribution < 1.29 is 0 Å². The van der Waals surface area contributed by atoms with Crippen molar-refractivity contribution in [3.05, 3.63) is 71.4 Å². The predicted octanol–water partition coefficient (Wildman–Crippen LogP) is 4.72. The van der Waals surface area contributed by atoms with Gasteiger partial charge in [-0.2, -0.15) is 0 Å². The molecule has 1 aromatic heterocycles. The Balaban J connectivity index is 1.83. The molecule has 0 atom stereocenters. The van der Waals surface area contributed by atoms with Gasteiger partial charge in [0.2, 0.25) is 0 Å². The van der Waals surface area contributed by atoms with Gasteiger partial charge in [0.05, 0.1) is 5.52 Å². The van der Waals surface area contributed by atoms with Gasteiger partial charge in [-0.1, -0.05) is 37.3 Å². The number of benzene rings is 2. The van der Waals surface area contributed by atoms with E-state index in [0.29, 0.717) is 0 Å². The summed E-state index contributed by atoms with van der Waals surface area (Å²) in [5, 5.41) is 4.78. The number of para-hydroxylation sites is 1. The molecule has 2 nitrogen and oxygen atoms in total. The van der Waals surface area contributed by atoms with E-state index in [0.717, 1.165) is 18.5 Å². The molecule has 106 valence electrons. The highest BCUT2D eigenvalue weighted by molar-refractivity contribution is 5.79. The molecule has 0 saturated carbocycles. The molecular formula is C19H20N2. The molecule has 3 aromatic rings. The molecule has 0 aliphatic carbocycles. The highest BCUT2D eigenvalue weighted by atomic mass is 14.9. The Morgan fingerprint density at radius 1 is 1.05 bits per heavy atom. The van der Waals surface area contributed by atoms with Crippen molar-refractivity contribution in [1.29, 1.82) is 0 Å². The van der Waals surface area contributed by atoms with Crippen LogP contribution in [0.5, 0.6) is 0 Å². The predicted molar refractivity (Wildman–Crippen MR) is 89.6 cm³/mol. The highest BCUT2D eigenvalue weighted by Crippen LogP contribution is 2.22. The van der Waals surface area contributed by atoms with Crippen molar-refractivity contribution in [3.63, 3.8) is 0 Å². The van der Waals surface area contributed by atoms with Crippen molar-refractivity contribution in [2.45, 2.75) is 26.8 Å². The zero-order chi connectivity index (χ0) is 14.7. The Morgan fingerprint density at radius 3 is 2.81 bits per heavy atom. The van der Waals surface area contributed by atoms with Crippen LogP contribution in [-0.2, 0) is 13.0 Å². The van der Waals surface area contributed by atoms with Crippen molar-refractivity contribution in [3.8, 4) is 0 Å². The van der Waals surface area contributed by atoms with Crippen LogP contribution in [0.1, 0.15) is 23.6 Å². The van der Waals surface area contributed by atoms with Gasteiger partial charge in [0.1, 0.15) is 0 Å².